The van der Waals surface area contributed by atoms with Crippen LogP contribution in [0.3, 0.4) is 0 Å². The SMILES string of the molecule is CC(NC(C)c1ccc2c(c1)OCO2)c1ccsc1. The highest BCUT2D eigenvalue weighted by Gasteiger charge is 2.17. The molecule has 0 saturated carbocycles. The minimum absolute atomic E-state index is 0.268. The summed E-state index contributed by atoms with van der Waals surface area (Å²) in [4.78, 5) is 0. The van der Waals surface area contributed by atoms with Crippen molar-refractivity contribution < 1.29 is 9.47 Å². The van der Waals surface area contributed by atoms with Crippen molar-refractivity contribution in [2.45, 2.75) is 25.9 Å². The van der Waals surface area contributed by atoms with Crippen molar-refractivity contribution in [1.29, 1.82) is 0 Å². The van der Waals surface area contributed by atoms with Crippen LogP contribution in [-0.2, 0) is 0 Å². The second kappa shape index (κ2) is 5.23. The summed E-state index contributed by atoms with van der Waals surface area (Å²) in [6, 6.07) is 8.89. The molecule has 3 nitrogen and oxygen atoms in total. The Bertz CT molecular complexity index is 553. The number of fused-ring (bicyclic) bond motifs is 1. The maximum atomic E-state index is 5.42. The molecule has 19 heavy (non-hydrogen) atoms. The molecule has 1 N–H and O–H groups in total. The van der Waals surface area contributed by atoms with E-state index in [-0.39, 0.29) is 6.04 Å². The minimum Gasteiger partial charge on any atom is -0.454 e. The predicted molar refractivity (Wildman–Crippen MR) is 76.8 cm³/mol. The van der Waals surface area contributed by atoms with Crippen molar-refractivity contribution in [3.05, 3.63) is 46.2 Å². The molecule has 0 fully saturated rings. The second-order valence-electron chi connectivity index (χ2n) is 4.78. The molecule has 0 spiro atoms. The van der Waals surface area contributed by atoms with Crippen LogP contribution in [0.15, 0.2) is 35.0 Å². The fourth-order valence-corrected chi connectivity index (χ4v) is 3.03. The van der Waals surface area contributed by atoms with Gasteiger partial charge in [0, 0.05) is 12.1 Å². The van der Waals surface area contributed by atoms with Crippen LogP contribution >= 0.6 is 11.3 Å². The molecule has 2 atom stereocenters. The Hall–Kier alpha value is -1.52. The van der Waals surface area contributed by atoms with Crippen LogP contribution in [-0.4, -0.2) is 6.79 Å². The van der Waals surface area contributed by atoms with Gasteiger partial charge in [0.1, 0.15) is 0 Å². The van der Waals surface area contributed by atoms with Gasteiger partial charge in [-0.2, -0.15) is 11.3 Å². The molecule has 0 amide bonds. The average molecular weight is 275 g/mol. The summed E-state index contributed by atoms with van der Waals surface area (Å²) in [5, 5.41) is 7.89. The lowest BCUT2D eigenvalue weighted by Crippen LogP contribution is -2.22. The first-order chi connectivity index (χ1) is 9.24. The number of thiophene rings is 1. The fraction of sp³-hybridized carbons (Fsp3) is 0.333. The van der Waals surface area contributed by atoms with E-state index in [2.05, 4.69) is 48.1 Å². The molecule has 4 heteroatoms. The lowest BCUT2D eigenvalue weighted by molar-refractivity contribution is 0.174. The van der Waals surface area contributed by atoms with E-state index in [1.54, 1.807) is 11.3 Å². The number of nitrogens with one attached hydrogen (secondary N) is 1. The van der Waals surface area contributed by atoms with E-state index < -0.39 is 0 Å². The molecule has 0 bridgehead atoms. The Kier molecular flexibility index (Phi) is 3.44. The van der Waals surface area contributed by atoms with Gasteiger partial charge in [0.25, 0.3) is 0 Å². The molecule has 2 unspecified atom stereocenters. The molecule has 100 valence electrons. The third kappa shape index (κ3) is 2.60. The molecule has 0 radical (unpaired) electrons. The van der Waals surface area contributed by atoms with Gasteiger partial charge < -0.3 is 14.8 Å². The molecular weight excluding hydrogens is 258 g/mol. The van der Waals surface area contributed by atoms with Gasteiger partial charge in [0.05, 0.1) is 0 Å². The molecule has 2 heterocycles. The van der Waals surface area contributed by atoms with E-state index in [0.717, 1.165) is 11.5 Å². The number of rotatable bonds is 4. The summed E-state index contributed by atoms with van der Waals surface area (Å²) in [6.07, 6.45) is 0. The quantitative estimate of drug-likeness (QED) is 0.918. The summed E-state index contributed by atoms with van der Waals surface area (Å²) >= 11 is 1.73. The molecular formula is C15H17NO2S. The first-order valence-electron chi connectivity index (χ1n) is 6.42. The third-order valence-corrected chi connectivity index (χ3v) is 4.14. The molecule has 0 saturated heterocycles. The van der Waals surface area contributed by atoms with Crippen LogP contribution in [0.2, 0.25) is 0 Å². The van der Waals surface area contributed by atoms with Gasteiger partial charge in [-0.1, -0.05) is 6.07 Å². The minimum atomic E-state index is 0.268. The van der Waals surface area contributed by atoms with Crippen molar-refractivity contribution in [2.24, 2.45) is 0 Å². The molecule has 0 aliphatic carbocycles. The first-order valence-corrected chi connectivity index (χ1v) is 7.36. The van der Waals surface area contributed by atoms with Crippen LogP contribution in [0.1, 0.15) is 37.1 Å². The van der Waals surface area contributed by atoms with Crippen LogP contribution in [0.25, 0.3) is 0 Å². The van der Waals surface area contributed by atoms with E-state index in [1.165, 1.54) is 11.1 Å². The summed E-state index contributed by atoms with van der Waals surface area (Å²) in [7, 11) is 0. The molecule has 1 aliphatic rings. The maximum Gasteiger partial charge on any atom is 0.231 e. The van der Waals surface area contributed by atoms with Gasteiger partial charge in [0.2, 0.25) is 6.79 Å². The van der Waals surface area contributed by atoms with Crippen LogP contribution in [0.4, 0.5) is 0 Å². The largest absolute Gasteiger partial charge is 0.454 e. The second-order valence-corrected chi connectivity index (χ2v) is 5.56. The normalized spacial score (nSPS) is 16.3. The van der Waals surface area contributed by atoms with Crippen LogP contribution in [0, 0.1) is 0 Å². The molecule has 1 aliphatic heterocycles. The number of ether oxygens (including phenoxy) is 2. The summed E-state index contributed by atoms with van der Waals surface area (Å²) < 4.78 is 10.8. The van der Waals surface area contributed by atoms with Crippen molar-refractivity contribution in [3.8, 4) is 11.5 Å². The lowest BCUT2D eigenvalue weighted by Gasteiger charge is -2.20. The van der Waals surface area contributed by atoms with Crippen molar-refractivity contribution >= 4 is 11.3 Å². The Morgan fingerprint density at radius 3 is 2.63 bits per heavy atom. The van der Waals surface area contributed by atoms with Crippen LogP contribution in [0.5, 0.6) is 11.5 Å². The van der Waals surface area contributed by atoms with Crippen molar-refractivity contribution in [2.75, 3.05) is 6.79 Å². The Balaban J connectivity index is 1.72. The standard InChI is InChI=1S/C15H17NO2S/c1-10(16-11(2)13-5-6-19-8-13)12-3-4-14-15(7-12)18-9-17-14/h3-8,10-11,16H,9H2,1-2H3. The zero-order valence-electron chi connectivity index (χ0n) is 11.1. The van der Waals surface area contributed by atoms with Gasteiger partial charge in [-0.15, -0.1) is 0 Å². The molecule has 1 aromatic heterocycles. The zero-order valence-corrected chi connectivity index (χ0v) is 11.9. The molecule has 2 aromatic rings. The highest BCUT2D eigenvalue weighted by Crippen LogP contribution is 2.34. The van der Waals surface area contributed by atoms with Crippen molar-refractivity contribution in [3.63, 3.8) is 0 Å². The monoisotopic (exact) mass is 275 g/mol. The highest BCUT2D eigenvalue weighted by molar-refractivity contribution is 7.07. The number of hydrogen-bond acceptors (Lipinski definition) is 4. The van der Waals surface area contributed by atoms with Crippen LogP contribution < -0.4 is 14.8 Å². The first kappa shape index (κ1) is 12.5. The van der Waals surface area contributed by atoms with Gasteiger partial charge in [-0.3, -0.25) is 0 Å². The van der Waals surface area contributed by atoms with E-state index in [9.17, 15) is 0 Å². The predicted octanol–water partition coefficient (Wildman–Crippen LogP) is 3.89. The summed E-state index contributed by atoms with van der Waals surface area (Å²) in [5.41, 5.74) is 2.55. The number of hydrogen-bond donors (Lipinski definition) is 1. The number of benzene rings is 1. The van der Waals surface area contributed by atoms with Gasteiger partial charge >= 0.3 is 0 Å². The lowest BCUT2D eigenvalue weighted by atomic mass is 10.1. The smallest absolute Gasteiger partial charge is 0.231 e. The highest BCUT2D eigenvalue weighted by atomic mass is 32.1. The molecule has 1 aromatic carbocycles. The zero-order chi connectivity index (χ0) is 13.2. The van der Waals surface area contributed by atoms with E-state index in [0.29, 0.717) is 12.8 Å². The van der Waals surface area contributed by atoms with E-state index in [1.807, 2.05) is 6.07 Å². The van der Waals surface area contributed by atoms with Gasteiger partial charge in [-0.05, 0) is 53.9 Å². The Morgan fingerprint density at radius 2 is 1.84 bits per heavy atom. The topological polar surface area (TPSA) is 30.5 Å². The Morgan fingerprint density at radius 1 is 1.05 bits per heavy atom. The van der Waals surface area contributed by atoms with E-state index >= 15 is 0 Å². The van der Waals surface area contributed by atoms with E-state index in [4.69, 9.17) is 9.47 Å². The van der Waals surface area contributed by atoms with Gasteiger partial charge in [-0.25, -0.2) is 0 Å². The summed E-state index contributed by atoms with van der Waals surface area (Å²) in [5.74, 6) is 1.68. The Labute approximate surface area is 117 Å². The fourth-order valence-electron chi connectivity index (χ4n) is 2.27. The van der Waals surface area contributed by atoms with Gasteiger partial charge in [0.15, 0.2) is 11.5 Å². The molecule has 3 rings (SSSR count). The third-order valence-electron chi connectivity index (χ3n) is 3.44. The average Bonchev–Trinajstić information content (AvgIpc) is 3.09. The summed E-state index contributed by atoms with van der Waals surface area (Å²) in [6.45, 7) is 4.68. The maximum absolute atomic E-state index is 5.42. The van der Waals surface area contributed by atoms with Crippen molar-refractivity contribution in [1.82, 2.24) is 5.32 Å².